The Hall–Kier alpha value is -0.550. The number of methoxy groups -OCH3 is 1. The highest BCUT2D eigenvalue weighted by molar-refractivity contribution is 9.10. The maximum atomic E-state index is 10.3. The van der Waals surface area contributed by atoms with E-state index in [0.29, 0.717) is 17.2 Å². The summed E-state index contributed by atoms with van der Waals surface area (Å²) in [6.07, 6.45) is -0.0725. The maximum Gasteiger partial charge on any atom is 0.124 e. The van der Waals surface area contributed by atoms with E-state index in [9.17, 15) is 5.11 Å². The van der Waals surface area contributed by atoms with Crippen molar-refractivity contribution in [3.63, 3.8) is 0 Å². The van der Waals surface area contributed by atoms with Gasteiger partial charge in [0.05, 0.1) is 13.2 Å². The monoisotopic (exact) mass is 346 g/mol. The van der Waals surface area contributed by atoms with E-state index in [1.807, 2.05) is 11.4 Å². The number of benzene rings is 1. The number of aliphatic hydroxyl groups excluding tert-OH is 1. The third-order valence-electron chi connectivity index (χ3n) is 2.57. The van der Waals surface area contributed by atoms with E-state index in [-0.39, 0.29) is 0 Å². The van der Waals surface area contributed by atoms with Crippen molar-refractivity contribution in [3.8, 4) is 5.75 Å². The molecule has 0 amide bonds. The van der Waals surface area contributed by atoms with Crippen LogP contribution in [0.5, 0.6) is 5.75 Å². The molecular weight excluding hydrogens is 336 g/mol. The van der Waals surface area contributed by atoms with E-state index in [1.54, 1.807) is 36.6 Å². The van der Waals surface area contributed by atoms with Crippen LogP contribution in [0.4, 0.5) is 0 Å². The van der Waals surface area contributed by atoms with Gasteiger partial charge in [0.25, 0.3) is 0 Å². The lowest BCUT2D eigenvalue weighted by atomic mass is 10.0. The zero-order valence-electron chi connectivity index (χ0n) is 9.69. The van der Waals surface area contributed by atoms with Gasteiger partial charge < -0.3 is 9.84 Å². The van der Waals surface area contributed by atoms with Gasteiger partial charge in [-0.15, -0.1) is 11.3 Å². The van der Waals surface area contributed by atoms with Crippen LogP contribution in [0.15, 0.2) is 34.1 Å². The van der Waals surface area contributed by atoms with Crippen LogP contribution in [0.25, 0.3) is 0 Å². The molecule has 2 aromatic rings. The van der Waals surface area contributed by atoms with Crippen LogP contribution in [0.3, 0.4) is 0 Å². The average molecular weight is 348 g/mol. The molecule has 0 fully saturated rings. The molecule has 1 N–H and O–H groups in total. The molecule has 0 aliphatic heterocycles. The molecule has 0 saturated heterocycles. The summed E-state index contributed by atoms with van der Waals surface area (Å²) < 4.78 is 6.27. The van der Waals surface area contributed by atoms with Gasteiger partial charge in [-0.2, -0.15) is 0 Å². The molecule has 1 heterocycles. The van der Waals surface area contributed by atoms with Crippen LogP contribution in [0.1, 0.15) is 16.5 Å². The van der Waals surface area contributed by atoms with E-state index in [0.717, 1.165) is 14.9 Å². The van der Waals surface area contributed by atoms with Crippen LogP contribution < -0.4 is 4.74 Å². The molecule has 2 nitrogen and oxygen atoms in total. The molecule has 2 rings (SSSR count). The van der Waals surface area contributed by atoms with E-state index in [4.69, 9.17) is 16.3 Å². The average Bonchev–Trinajstić information content (AvgIpc) is 2.74. The van der Waals surface area contributed by atoms with Crippen molar-refractivity contribution in [1.82, 2.24) is 0 Å². The van der Waals surface area contributed by atoms with Gasteiger partial charge in [-0.1, -0.05) is 11.6 Å². The molecule has 1 aromatic carbocycles. The lowest BCUT2D eigenvalue weighted by Crippen LogP contribution is -2.03. The molecule has 0 radical (unpaired) electrons. The summed E-state index contributed by atoms with van der Waals surface area (Å²) in [6, 6.07) is 7.27. The topological polar surface area (TPSA) is 29.5 Å². The summed E-state index contributed by atoms with van der Waals surface area (Å²) >= 11 is 11.0. The van der Waals surface area contributed by atoms with Crippen molar-refractivity contribution in [2.75, 3.05) is 7.11 Å². The third kappa shape index (κ3) is 3.26. The first-order valence-corrected chi connectivity index (χ1v) is 7.39. The van der Waals surface area contributed by atoms with E-state index in [1.165, 1.54) is 0 Å². The summed E-state index contributed by atoms with van der Waals surface area (Å²) in [4.78, 5) is 1.11. The SMILES string of the molecule is COc1ccc(Cl)cc1C(O)Cc1cc(Br)cs1. The number of rotatable bonds is 4. The molecule has 0 aliphatic rings. The van der Waals surface area contributed by atoms with Crippen molar-refractivity contribution in [1.29, 1.82) is 0 Å². The fourth-order valence-electron chi connectivity index (χ4n) is 1.73. The lowest BCUT2D eigenvalue weighted by molar-refractivity contribution is 0.175. The normalized spacial score (nSPS) is 12.4. The molecule has 1 atom stereocenters. The zero-order chi connectivity index (χ0) is 13.1. The number of halogens is 2. The summed E-state index contributed by atoms with van der Waals surface area (Å²) in [6.45, 7) is 0. The van der Waals surface area contributed by atoms with Crippen molar-refractivity contribution in [3.05, 3.63) is 49.6 Å². The molecule has 1 unspecified atom stereocenters. The van der Waals surface area contributed by atoms with Crippen molar-refractivity contribution in [2.45, 2.75) is 12.5 Å². The van der Waals surface area contributed by atoms with E-state index in [2.05, 4.69) is 15.9 Å². The Bertz CT molecular complexity index is 542. The molecule has 18 heavy (non-hydrogen) atoms. The summed E-state index contributed by atoms with van der Waals surface area (Å²) in [7, 11) is 1.58. The van der Waals surface area contributed by atoms with Crippen LogP contribution in [-0.2, 0) is 6.42 Å². The molecular formula is C13H12BrClO2S. The van der Waals surface area contributed by atoms with Crippen molar-refractivity contribution in [2.24, 2.45) is 0 Å². The van der Waals surface area contributed by atoms with E-state index >= 15 is 0 Å². The first-order valence-electron chi connectivity index (χ1n) is 5.34. The van der Waals surface area contributed by atoms with E-state index < -0.39 is 6.10 Å². The highest BCUT2D eigenvalue weighted by Crippen LogP contribution is 2.32. The molecule has 0 spiro atoms. The second-order valence-corrected chi connectivity index (χ2v) is 6.19. The van der Waals surface area contributed by atoms with Gasteiger partial charge in [0, 0.05) is 31.7 Å². The lowest BCUT2D eigenvalue weighted by Gasteiger charge is -2.14. The van der Waals surface area contributed by atoms with Gasteiger partial charge in [-0.3, -0.25) is 0 Å². The number of ether oxygens (including phenoxy) is 1. The summed E-state index contributed by atoms with van der Waals surface area (Å²) in [5.41, 5.74) is 0.717. The van der Waals surface area contributed by atoms with Gasteiger partial charge in [-0.25, -0.2) is 0 Å². The summed E-state index contributed by atoms with van der Waals surface area (Å²) in [5, 5.41) is 12.9. The molecule has 1 aromatic heterocycles. The van der Waals surface area contributed by atoms with Crippen LogP contribution in [-0.4, -0.2) is 12.2 Å². The predicted molar refractivity (Wildman–Crippen MR) is 78.7 cm³/mol. The third-order valence-corrected chi connectivity index (χ3v) is 4.52. The van der Waals surface area contributed by atoms with Crippen LogP contribution in [0.2, 0.25) is 5.02 Å². The first-order chi connectivity index (χ1) is 8.60. The number of hydrogen-bond acceptors (Lipinski definition) is 3. The second-order valence-electron chi connectivity index (χ2n) is 3.84. The highest BCUT2D eigenvalue weighted by Gasteiger charge is 2.15. The minimum atomic E-state index is -0.621. The van der Waals surface area contributed by atoms with Gasteiger partial charge in [0.1, 0.15) is 5.75 Å². The van der Waals surface area contributed by atoms with Crippen molar-refractivity contribution >= 4 is 38.9 Å². The van der Waals surface area contributed by atoms with Gasteiger partial charge in [0.2, 0.25) is 0 Å². The predicted octanol–water partition coefficient (Wildman–Crippen LogP) is 4.45. The Kier molecular flexibility index (Phi) is 4.67. The summed E-state index contributed by atoms with van der Waals surface area (Å²) in [5.74, 6) is 0.655. The fourth-order valence-corrected chi connectivity index (χ4v) is 3.40. The van der Waals surface area contributed by atoms with Gasteiger partial charge >= 0.3 is 0 Å². The second kappa shape index (κ2) is 6.06. The van der Waals surface area contributed by atoms with Crippen LogP contribution in [0, 0.1) is 0 Å². The molecule has 0 aliphatic carbocycles. The minimum absolute atomic E-state index is 0.549. The van der Waals surface area contributed by atoms with Gasteiger partial charge in [0.15, 0.2) is 0 Å². The largest absolute Gasteiger partial charge is 0.496 e. The van der Waals surface area contributed by atoms with Crippen molar-refractivity contribution < 1.29 is 9.84 Å². The Balaban J connectivity index is 2.22. The number of thiophene rings is 1. The minimum Gasteiger partial charge on any atom is -0.496 e. The molecule has 0 bridgehead atoms. The zero-order valence-corrected chi connectivity index (χ0v) is 12.8. The standard InChI is InChI=1S/C13H12BrClO2S/c1-17-13-3-2-9(15)5-11(13)12(16)6-10-4-8(14)7-18-10/h2-5,7,12,16H,6H2,1H3. The maximum absolute atomic E-state index is 10.3. The van der Waals surface area contributed by atoms with Gasteiger partial charge in [-0.05, 0) is 40.2 Å². The Morgan fingerprint density at radius 3 is 2.83 bits per heavy atom. The number of hydrogen-bond donors (Lipinski definition) is 1. The smallest absolute Gasteiger partial charge is 0.124 e. The quantitative estimate of drug-likeness (QED) is 0.885. The Labute approximate surface area is 123 Å². The Morgan fingerprint density at radius 2 is 2.22 bits per heavy atom. The fraction of sp³-hybridized carbons (Fsp3) is 0.231. The molecule has 5 heteroatoms. The highest BCUT2D eigenvalue weighted by atomic mass is 79.9. The first kappa shape index (κ1) is 13.9. The molecule has 96 valence electrons. The molecule has 0 saturated carbocycles. The number of aliphatic hydroxyl groups is 1. The Morgan fingerprint density at radius 1 is 1.44 bits per heavy atom. The van der Waals surface area contributed by atoms with Crippen LogP contribution >= 0.6 is 38.9 Å².